The zero-order chi connectivity index (χ0) is 14.3. The summed E-state index contributed by atoms with van der Waals surface area (Å²) in [5, 5.41) is 3.36. The lowest BCUT2D eigenvalue weighted by Gasteiger charge is -2.32. The highest BCUT2D eigenvalue weighted by atomic mass is 19.4. The van der Waals surface area contributed by atoms with Crippen LogP contribution < -0.4 is 5.32 Å². The van der Waals surface area contributed by atoms with Crippen molar-refractivity contribution in [3.05, 3.63) is 0 Å². The molecular formula is C13H25F3N2O. The molecule has 0 saturated carbocycles. The summed E-state index contributed by atoms with van der Waals surface area (Å²) in [5.74, 6) is 0.596. The van der Waals surface area contributed by atoms with Crippen molar-refractivity contribution in [2.45, 2.75) is 38.9 Å². The Morgan fingerprint density at radius 2 is 2.11 bits per heavy atom. The van der Waals surface area contributed by atoms with E-state index in [1.165, 1.54) is 12.8 Å². The third-order valence-corrected chi connectivity index (χ3v) is 3.41. The second-order valence-electron chi connectivity index (χ2n) is 5.47. The van der Waals surface area contributed by atoms with E-state index in [4.69, 9.17) is 0 Å². The maximum Gasteiger partial charge on any atom is 0.411 e. The standard InChI is InChI=1S/C13H25F3N2O/c1-11(2)18(6-7-19-10-13(14,15)16)9-12-4-3-5-17-8-12/h11-12,17H,3-10H2,1-2H3. The molecule has 0 aromatic rings. The van der Waals surface area contributed by atoms with Gasteiger partial charge in [0.2, 0.25) is 0 Å². The van der Waals surface area contributed by atoms with Gasteiger partial charge in [0.1, 0.15) is 6.61 Å². The van der Waals surface area contributed by atoms with E-state index < -0.39 is 12.8 Å². The Bertz CT molecular complexity index is 241. The van der Waals surface area contributed by atoms with E-state index >= 15 is 0 Å². The van der Waals surface area contributed by atoms with E-state index in [1.54, 1.807) is 0 Å². The zero-order valence-electron chi connectivity index (χ0n) is 11.8. The third-order valence-electron chi connectivity index (χ3n) is 3.41. The molecule has 0 bridgehead atoms. The Kier molecular flexibility index (Phi) is 7.10. The van der Waals surface area contributed by atoms with Crippen LogP contribution in [0.4, 0.5) is 13.2 Å². The van der Waals surface area contributed by atoms with Gasteiger partial charge in [0.15, 0.2) is 0 Å². The summed E-state index contributed by atoms with van der Waals surface area (Å²) in [6, 6.07) is 0.330. The minimum atomic E-state index is -4.23. The van der Waals surface area contributed by atoms with Gasteiger partial charge in [-0.1, -0.05) is 0 Å². The molecule has 0 aromatic heterocycles. The molecule has 1 heterocycles. The minimum absolute atomic E-state index is 0.137. The topological polar surface area (TPSA) is 24.5 Å². The molecule has 1 unspecified atom stereocenters. The van der Waals surface area contributed by atoms with Crippen LogP contribution in [0.2, 0.25) is 0 Å². The summed E-state index contributed by atoms with van der Waals surface area (Å²) in [6.45, 7) is 6.70. The maximum absolute atomic E-state index is 12.0. The lowest BCUT2D eigenvalue weighted by Crippen LogP contribution is -2.42. The fourth-order valence-electron chi connectivity index (χ4n) is 2.34. The fraction of sp³-hybridized carbons (Fsp3) is 1.00. The second-order valence-corrected chi connectivity index (χ2v) is 5.47. The number of nitrogens with one attached hydrogen (secondary N) is 1. The molecule has 1 N–H and O–H groups in total. The van der Waals surface area contributed by atoms with Crippen molar-refractivity contribution in [2.24, 2.45) is 5.92 Å². The normalized spacial score (nSPS) is 21.3. The van der Waals surface area contributed by atoms with E-state index in [-0.39, 0.29) is 6.61 Å². The number of nitrogens with zero attached hydrogens (tertiary/aromatic N) is 1. The lowest BCUT2D eigenvalue weighted by atomic mass is 9.98. The van der Waals surface area contributed by atoms with Crippen LogP contribution in [0.1, 0.15) is 26.7 Å². The van der Waals surface area contributed by atoms with Crippen LogP contribution >= 0.6 is 0 Å². The monoisotopic (exact) mass is 282 g/mol. The van der Waals surface area contributed by atoms with Gasteiger partial charge in [0, 0.05) is 19.1 Å². The van der Waals surface area contributed by atoms with E-state index in [1.807, 2.05) is 0 Å². The molecule has 0 aromatic carbocycles. The molecule has 114 valence electrons. The molecule has 1 saturated heterocycles. The lowest BCUT2D eigenvalue weighted by molar-refractivity contribution is -0.174. The van der Waals surface area contributed by atoms with Crippen molar-refractivity contribution in [2.75, 3.05) is 39.4 Å². The maximum atomic E-state index is 12.0. The smallest absolute Gasteiger partial charge is 0.371 e. The molecule has 3 nitrogen and oxygen atoms in total. The number of piperidine rings is 1. The highest BCUT2D eigenvalue weighted by Gasteiger charge is 2.27. The molecular weight excluding hydrogens is 257 g/mol. The molecule has 1 aliphatic heterocycles. The highest BCUT2D eigenvalue weighted by Crippen LogP contribution is 2.15. The van der Waals surface area contributed by atoms with E-state index in [2.05, 4.69) is 28.8 Å². The van der Waals surface area contributed by atoms with Crippen LogP contribution in [0.15, 0.2) is 0 Å². The first-order chi connectivity index (χ1) is 8.88. The van der Waals surface area contributed by atoms with Crippen molar-refractivity contribution < 1.29 is 17.9 Å². The number of hydrogen-bond donors (Lipinski definition) is 1. The van der Waals surface area contributed by atoms with Crippen molar-refractivity contribution in [3.63, 3.8) is 0 Å². The van der Waals surface area contributed by atoms with Gasteiger partial charge in [-0.15, -0.1) is 0 Å². The van der Waals surface area contributed by atoms with Gasteiger partial charge in [-0.2, -0.15) is 13.2 Å². The average molecular weight is 282 g/mol. The predicted molar refractivity (Wildman–Crippen MR) is 69.2 cm³/mol. The molecule has 0 spiro atoms. The number of hydrogen-bond acceptors (Lipinski definition) is 3. The summed E-state index contributed by atoms with van der Waals surface area (Å²) in [4.78, 5) is 2.20. The Balaban J connectivity index is 2.24. The summed E-state index contributed by atoms with van der Waals surface area (Å²) in [5.41, 5.74) is 0. The minimum Gasteiger partial charge on any atom is -0.371 e. The van der Waals surface area contributed by atoms with Crippen LogP contribution in [0.5, 0.6) is 0 Å². The van der Waals surface area contributed by atoms with E-state index in [9.17, 15) is 13.2 Å². The summed E-state index contributed by atoms with van der Waals surface area (Å²) in [6.07, 6.45) is -1.85. The van der Waals surface area contributed by atoms with Gasteiger partial charge in [-0.05, 0) is 45.7 Å². The number of ether oxygens (including phenoxy) is 1. The summed E-state index contributed by atoms with van der Waals surface area (Å²) >= 11 is 0. The van der Waals surface area contributed by atoms with Crippen molar-refractivity contribution >= 4 is 0 Å². The van der Waals surface area contributed by atoms with Gasteiger partial charge < -0.3 is 10.1 Å². The SMILES string of the molecule is CC(C)N(CCOCC(F)(F)F)CC1CCCNC1. The van der Waals surface area contributed by atoms with E-state index in [0.717, 1.165) is 19.6 Å². The van der Waals surface area contributed by atoms with E-state index in [0.29, 0.717) is 18.5 Å². The highest BCUT2D eigenvalue weighted by molar-refractivity contribution is 4.74. The van der Waals surface area contributed by atoms with Gasteiger partial charge in [0.25, 0.3) is 0 Å². The van der Waals surface area contributed by atoms with Crippen molar-refractivity contribution in [3.8, 4) is 0 Å². The molecule has 19 heavy (non-hydrogen) atoms. The molecule has 0 radical (unpaired) electrons. The van der Waals surface area contributed by atoms with Crippen LogP contribution in [-0.2, 0) is 4.74 Å². The summed E-state index contributed by atoms with van der Waals surface area (Å²) in [7, 11) is 0. The Labute approximate surface area is 113 Å². The Morgan fingerprint density at radius 3 is 2.63 bits per heavy atom. The molecule has 1 aliphatic rings. The number of halogens is 3. The van der Waals surface area contributed by atoms with Crippen LogP contribution in [0.25, 0.3) is 0 Å². The Morgan fingerprint density at radius 1 is 1.37 bits per heavy atom. The predicted octanol–water partition coefficient (Wildman–Crippen LogP) is 2.28. The number of rotatable bonds is 7. The number of alkyl halides is 3. The second kappa shape index (κ2) is 8.07. The average Bonchev–Trinajstić information content (AvgIpc) is 2.33. The van der Waals surface area contributed by atoms with Crippen molar-refractivity contribution in [1.82, 2.24) is 10.2 Å². The molecule has 6 heteroatoms. The summed E-state index contributed by atoms with van der Waals surface area (Å²) < 4.78 is 40.6. The molecule has 0 aliphatic carbocycles. The van der Waals surface area contributed by atoms with Crippen LogP contribution in [-0.4, -0.2) is 56.5 Å². The quantitative estimate of drug-likeness (QED) is 0.725. The van der Waals surface area contributed by atoms with Gasteiger partial charge in [-0.3, -0.25) is 4.90 Å². The largest absolute Gasteiger partial charge is 0.411 e. The molecule has 1 rings (SSSR count). The zero-order valence-corrected chi connectivity index (χ0v) is 11.8. The first kappa shape index (κ1) is 16.7. The molecule has 1 fully saturated rings. The van der Waals surface area contributed by atoms with Gasteiger partial charge in [-0.25, -0.2) is 0 Å². The van der Waals surface area contributed by atoms with Crippen molar-refractivity contribution in [1.29, 1.82) is 0 Å². The van der Waals surface area contributed by atoms with Gasteiger partial charge in [0.05, 0.1) is 6.61 Å². The third kappa shape index (κ3) is 7.74. The van der Waals surface area contributed by atoms with Crippen LogP contribution in [0, 0.1) is 5.92 Å². The van der Waals surface area contributed by atoms with Gasteiger partial charge >= 0.3 is 6.18 Å². The Hall–Kier alpha value is -0.330. The molecule has 0 amide bonds. The molecule has 1 atom stereocenters. The first-order valence-corrected chi connectivity index (χ1v) is 6.98. The van der Waals surface area contributed by atoms with Crippen LogP contribution in [0.3, 0.4) is 0 Å². The fourth-order valence-corrected chi connectivity index (χ4v) is 2.34. The first-order valence-electron chi connectivity index (χ1n) is 6.98.